The van der Waals surface area contributed by atoms with Crippen LogP contribution in [0.2, 0.25) is 0 Å². The number of morpholine rings is 1. The summed E-state index contributed by atoms with van der Waals surface area (Å²) in [6.45, 7) is 5.99. The van der Waals surface area contributed by atoms with Crippen molar-refractivity contribution in [3.05, 3.63) is 34.8 Å². The number of fused-ring (bicyclic) bond motifs is 1. The zero-order valence-corrected chi connectivity index (χ0v) is 19.5. The van der Waals surface area contributed by atoms with Gasteiger partial charge in [0, 0.05) is 38.0 Å². The fourth-order valence-electron chi connectivity index (χ4n) is 4.65. The van der Waals surface area contributed by atoms with Crippen molar-refractivity contribution in [1.29, 1.82) is 0 Å². The molecule has 1 atom stereocenters. The lowest BCUT2D eigenvalue weighted by atomic mass is 9.95. The van der Waals surface area contributed by atoms with E-state index in [1.54, 1.807) is 16.0 Å². The second-order valence-electron chi connectivity index (χ2n) is 8.25. The minimum absolute atomic E-state index is 0.0107. The summed E-state index contributed by atoms with van der Waals surface area (Å²) in [5.74, 6) is 2.13. The average Bonchev–Trinajstić information content (AvgIpc) is 3.54. The van der Waals surface area contributed by atoms with Gasteiger partial charge in [-0.1, -0.05) is 6.07 Å². The molecule has 0 unspecified atom stereocenters. The van der Waals surface area contributed by atoms with Crippen LogP contribution in [-0.4, -0.2) is 75.5 Å². The molecule has 5 rings (SSSR count). The van der Waals surface area contributed by atoms with E-state index in [-0.39, 0.29) is 11.4 Å². The Bertz CT molecular complexity index is 1080. The van der Waals surface area contributed by atoms with Crippen LogP contribution in [0.4, 0.5) is 0 Å². The van der Waals surface area contributed by atoms with Gasteiger partial charge in [-0.3, -0.25) is 14.4 Å². The summed E-state index contributed by atoms with van der Waals surface area (Å²) in [7, 11) is 1.88. The first-order valence-electron chi connectivity index (χ1n) is 10.6. The molecule has 0 saturated carbocycles. The van der Waals surface area contributed by atoms with E-state index in [9.17, 15) is 4.79 Å². The molecule has 2 fully saturated rings. The number of ether oxygens (including phenoxy) is 1. The molecule has 2 saturated heterocycles. The molecule has 9 heteroatoms. The van der Waals surface area contributed by atoms with Crippen LogP contribution < -0.4 is 5.32 Å². The number of thioether (sulfide) groups is 1. The highest BCUT2D eigenvalue weighted by atomic mass is 32.2. The first-order valence-corrected chi connectivity index (χ1v) is 12.7. The summed E-state index contributed by atoms with van der Waals surface area (Å²) >= 11 is 3.60. The fraction of sp³-hybridized carbons (Fsp3) is 0.500. The van der Waals surface area contributed by atoms with Gasteiger partial charge in [-0.15, -0.1) is 11.3 Å². The molecule has 0 bridgehead atoms. The molecular formula is C22H27N5O2S2. The van der Waals surface area contributed by atoms with Gasteiger partial charge in [0.1, 0.15) is 0 Å². The molecule has 3 aromatic heterocycles. The van der Waals surface area contributed by atoms with E-state index in [0.29, 0.717) is 12.1 Å². The first-order chi connectivity index (χ1) is 15.1. The lowest BCUT2D eigenvalue weighted by molar-refractivity contribution is -0.0129. The predicted octanol–water partition coefficient (Wildman–Crippen LogP) is 2.94. The second-order valence-corrected chi connectivity index (χ2v) is 10.3. The molecule has 7 nitrogen and oxygen atoms in total. The number of carbonyl (C=O) groups is 1. The third kappa shape index (κ3) is 3.88. The van der Waals surface area contributed by atoms with E-state index in [1.807, 2.05) is 49.3 Å². The fourth-order valence-corrected chi connectivity index (χ4v) is 6.81. The molecule has 164 valence electrons. The Kier molecular flexibility index (Phi) is 5.76. The maximum atomic E-state index is 13.5. The van der Waals surface area contributed by atoms with Crippen molar-refractivity contribution in [3.8, 4) is 10.6 Å². The normalized spacial score (nSPS) is 22.3. The first kappa shape index (κ1) is 20.9. The van der Waals surface area contributed by atoms with Gasteiger partial charge in [0.25, 0.3) is 5.91 Å². The van der Waals surface area contributed by atoms with Gasteiger partial charge in [0.15, 0.2) is 5.65 Å². The molecule has 1 amide bonds. The molecule has 1 N–H and O–H groups in total. The predicted molar refractivity (Wildman–Crippen MR) is 126 cm³/mol. The van der Waals surface area contributed by atoms with Crippen LogP contribution in [-0.2, 0) is 11.8 Å². The highest BCUT2D eigenvalue weighted by molar-refractivity contribution is 7.99. The zero-order chi connectivity index (χ0) is 21.4. The molecule has 0 spiro atoms. The highest BCUT2D eigenvalue weighted by Crippen LogP contribution is 2.34. The number of amides is 1. The van der Waals surface area contributed by atoms with Gasteiger partial charge >= 0.3 is 0 Å². The van der Waals surface area contributed by atoms with E-state index in [4.69, 9.17) is 9.72 Å². The number of nitrogens with zero attached hydrogens (tertiary/aromatic N) is 4. The van der Waals surface area contributed by atoms with E-state index in [1.165, 1.54) is 0 Å². The molecule has 31 heavy (non-hydrogen) atoms. The summed E-state index contributed by atoms with van der Waals surface area (Å²) in [6, 6.07) is 5.96. The number of nitrogens with one attached hydrogen (secondary N) is 1. The molecule has 2 aliphatic rings. The van der Waals surface area contributed by atoms with Crippen molar-refractivity contribution < 1.29 is 9.53 Å². The minimum atomic E-state index is -0.0501. The Labute approximate surface area is 190 Å². The van der Waals surface area contributed by atoms with E-state index < -0.39 is 0 Å². The van der Waals surface area contributed by atoms with Crippen molar-refractivity contribution in [2.24, 2.45) is 7.05 Å². The lowest BCUT2D eigenvalue weighted by Crippen LogP contribution is -2.59. The minimum Gasteiger partial charge on any atom is -0.379 e. The summed E-state index contributed by atoms with van der Waals surface area (Å²) in [4.78, 5) is 21.9. The van der Waals surface area contributed by atoms with Crippen LogP contribution in [0.5, 0.6) is 0 Å². The van der Waals surface area contributed by atoms with Gasteiger partial charge in [-0.25, -0.2) is 4.98 Å². The summed E-state index contributed by atoms with van der Waals surface area (Å²) in [6.07, 6.45) is 1.09. The summed E-state index contributed by atoms with van der Waals surface area (Å²) < 4.78 is 7.33. The number of hydrogen-bond donors (Lipinski definition) is 1. The topological polar surface area (TPSA) is 72.3 Å². The van der Waals surface area contributed by atoms with Crippen LogP contribution in [0, 0.1) is 6.92 Å². The maximum Gasteiger partial charge on any atom is 0.252 e. The number of carbonyl (C=O) groups excluding carboxylic acids is 1. The number of aryl methyl sites for hydroxylation is 2. The summed E-state index contributed by atoms with van der Waals surface area (Å²) in [5, 5.41) is 10.7. The molecule has 2 aliphatic heterocycles. The van der Waals surface area contributed by atoms with E-state index in [0.717, 1.165) is 71.5 Å². The monoisotopic (exact) mass is 457 g/mol. The van der Waals surface area contributed by atoms with Gasteiger partial charge in [0.05, 0.1) is 40.4 Å². The number of hydrogen-bond acceptors (Lipinski definition) is 7. The van der Waals surface area contributed by atoms with Gasteiger partial charge < -0.3 is 10.1 Å². The highest BCUT2D eigenvalue weighted by Gasteiger charge is 2.41. The number of aromatic nitrogens is 3. The molecule has 0 radical (unpaired) electrons. The quantitative estimate of drug-likeness (QED) is 0.635. The van der Waals surface area contributed by atoms with Crippen molar-refractivity contribution in [1.82, 2.24) is 25.0 Å². The summed E-state index contributed by atoms with van der Waals surface area (Å²) in [5.41, 5.74) is 3.05. The number of pyridine rings is 1. The largest absolute Gasteiger partial charge is 0.379 e. The van der Waals surface area contributed by atoms with Crippen LogP contribution >= 0.6 is 23.1 Å². The van der Waals surface area contributed by atoms with Crippen LogP contribution in [0.25, 0.3) is 21.6 Å². The number of rotatable bonds is 5. The molecule has 0 aliphatic carbocycles. The van der Waals surface area contributed by atoms with E-state index in [2.05, 4.69) is 15.3 Å². The molecule has 3 aromatic rings. The zero-order valence-electron chi connectivity index (χ0n) is 17.9. The van der Waals surface area contributed by atoms with Crippen molar-refractivity contribution in [3.63, 3.8) is 0 Å². The van der Waals surface area contributed by atoms with Gasteiger partial charge in [-0.2, -0.15) is 16.9 Å². The van der Waals surface area contributed by atoms with Crippen LogP contribution in [0.3, 0.4) is 0 Å². The molecule has 5 heterocycles. The SMILES string of the molecule is Cc1nn(C)c2nc(-c3cccs3)cc(C(=O)NC[C@]3(N4CCOCC4)CCSC3)c12. The Morgan fingerprint density at radius 3 is 2.90 bits per heavy atom. The van der Waals surface area contributed by atoms with Crippen molar-refractivity contribution in [2.45, 2.75) is 18.9 Å². The maximum absolute atomic E-state index is 13.5. The lowest BCUT2D eigenvalue weighted by Gasteiger charge is -2.43. The molecular weight excluding hydrogens is 430 g/mol. The Balaban J connectivity index is 1.46. The van der Waals surface area contributed by atoms with Crippen LogP contribution in [0.1, 0.15) is 22.5 Å². The third-order valence-corrected chi connectivity index (χ3v) is 8.46. The van der Waals surface area contributed by atoms with Crippen molar-refractivity contribution >= 4 is 40.0 Å². The Hall–Kier alpha value is -1.94. The van der Waals surface area contributed by atoms with Gasteiger partial charge in [-0.05, 0) is 36.6 Å². The third-order valence-electron chi connectivity index (χ3n) is 6.33. The van der Waals surface area contributed by atoms with Crippen molar-refractivity contribution in [2.75, 3.05) is 44.4 Å². The average molecular weight is 458 g/mol. The number of thiophene rings is 1. The van der Waals surface area contributed by atoms with Gasteiger partial charge in [0.2, 0.25) is 0 Å². The second kappa shape index (κ2) is 8.54. The Morgan fingerprint density at radius 2 is 2.19 bits per heavy atom. The Morgan fingerprint density at radius 1 is 1.35 bits per heavy atom. The smallest absolute Gasteiger partial charge is 0.252 e. The molecule has 0 aromatic carbocycles. The van der Waals surface area contributed by atoms with E-state index >= 15 is 0 Å². The standard InChI is InChI=1S/C22H27N5O2S2/c1-15-19-16(12-17(18-4-3-10-31-18)24-20(19)26(2)25-15)21(28)23-13-22(5-11-30-14-22)27-6-8-29-9-7-27/h3-4,10,12H,5-9,11,13-14H2,1-2H3,(H,23,28)/t22-/m1/s1. The van der Waals surface area contributed by atoms with Crippen LogP contribution in [0.15, 0.2) is 23.6 Å².